The van der Waals surface area contributed by atoms with Gasteiger partial charge in [0.15, 0.2) is 14.6 Å². The molecule has 1 aliphatic rings. The zero-order valence-corrected chi connectivity index (χ0v) is 24.4. The van der Waals surface area contributed by atoms with E-state index < -0.39 is 46.4 Å². The van der Waals surface area contributed by atoms with E-state index in [2.05, 4.69) is 33.9 Å². The van der Waals surface area contributed by atoms with Gasteiger partial charge in [0.1, 0.15) is 24.3 Å². The predicted molar refractivity (Wildman–Crippen MR) is 133 cm³/mol. The van der Waals surface area contributed by atoms with Crippen LogP contribution in [0.3, 0.4) is 0 Å². The van der Waals surface area contributed by atoms with Crippen LogP contribution >= 0.6 is 7.60 Å². The molecule has 0 spiro atoms. The number of carbonyl (C=O) groups is 2. The number of Topliss-reactive ketones (excluding diaryl/α,β-unsaturated/α-hetero) is 1. The van der Waals surface area contributed by atoms with E-state index >= 15 is 0 Å². The Morgan fingerprint density at radius 2 is 1.76 bits per heavy atom. The molecule has 1 fully saturated rings. The average Bonchev–Trinajstić information content (AvgIpc) is 3.15. The van der Waals surface area contributed by atoms with Crippen molar-refractivity contribution in [2.24, 2.45) is 11.8 Å². The van der Waals surface area contributed by atoms with Gasteiger partial charge >= 0.3 is 7.60 Å². The van der Waals surface area contributed by atoms with Gasteiger partial charge in [0.2, 0.25) is 0 Å². The molecule has 1 saturated heterocycles. The van der Waals surface area contributed by atoms with Gasteiger partial charge in [0.25, 0.3) is 0 Å². The summed E-state index contributed by atoms with van der Waals surface area (Å²) in [5.74, 6) is -0.702. The Balaban J connectivity index is 3.12. The summed E-state index contributed by atoms with van der Waals surface area (Å²) in [4.78, 5) is 24.4. The van der Waals surface area contributed by atoms with Gasteiger partial charge < -0.3 is 32.5 Å². The van der Waals surface area contributed by atoms with E-state index in [4.69, 9.17) is 27.7 Å². The van der Waals surface area contributed by atoms with Gasteiger partial charge in [0.05, 0.1) is 12.2 Å². The van der Waals surface area contributed by atoms with Crippen LogP contribution in [-0.4, -0.2) is 79.6 Å². The minimum Gasteiger partial charge on any atom is -0.411 e. The molecule has 0 bridgehead atoms. The van der Waals surface area contributed by atoms with E-state index in [0.29, 0.717) is 12.8 Å². The lowest BCUT2D eigenvalue weighted by Gasteiger charge is -2.42. The van der Waals surface area contributed by atoms with Crippen LogP contribution in [0.1, 0.15) is 47.0 Å². The summed E-state index contributed by atoms with van der Waals surface area (Å²) in [6.45, 7) is 12.5. The molecule has 0 amide bonds. The topological polar surface area (TPSA) is 107 Å². The number of carbonyl (C=O) groups excluding carboxylic acids is 2. The number of hydrogen-bond acceptors (Lipinski definition) is 9. The highest BCUT2D eigenvalue weighted by Gasteiger charge is 2.47. The zero-order valence-electron chi connectivity index (χ0n) is 22.5. The lowest BCUT2D eigenvalue weighted by atomic mass is 9.85. The first-order valence-electron chi connectivity index (χ1n) is 11.7. The van der Waals surface area contributed by atoms with Gasteiger partial charge in [0, 0.05) is 47.2 Å². The number of ketones is 1. The summed E-state index contributed by atoms with van der Waals surface area (Å²) >= 11 is 0. The van der Waals surface area contributed by atoms with E-state index in [1.807, 2.05) is 0 Å². The Morgan fingerprint density at radius 1 is 1.18 bits per heavy atom. The minimum atomic E-state index is -3.44. The standard InChI is InChI=1S/C23H45O9PSi/c1-16(18(25)15-33(26,29-7)30-8)13-17-14-20(27-5)31-21(17)22(28-6)19(11-12-24)32-34(9,10)23(2,3)4/h12,16-17,19-22H,11,13-15H2,1-10H3/t16-,17-,19-,20?,21+,22+/m1/s1. The van der Waals surface area contributed by atoms with Gasteiger partial charge in [-0.15, -0.1) is 0 Å². The molecular weight excluding hydrogens is 479 g/mol. The molecule has 0 saturated carbocycles. The van der Waals surface area contributed by atoms with Crippen molar-refractivity contribution in [2.75, 3.05) is 34.6 Å². The minimum absolute atomic E-state index is 0.0466. The zero-order chi connectivity index (χ0) is 26.3. The summed E-state index contributed by atoms with van der Waals surface area (Å²) in [6.07, 6.45) is -0.113. The molecule has 1 unspecified atom stereocenters. The molecule has 34 heavy (non-hydrogen) atoms. The maximum atomic E-state index is 12.8. The Bertz CT molecular complexity index is 701. The Hall–Kier alpha value is -0.453. The van der Waals surface area contributed by atoms with Gasteiger partial charge in [-0.25, -0.2) is 0 Å². The highest BCUT2D eigenvalue weighted by molar-refractivity contribution is 7.54. The average molecular weight is 525 g/mol. The lowest BCUT2D eigenvalue weighted by Crippen LogP contribution is -2.51. The second kappa shape index (κ2) is 13.2. The second-order valence-corrected chi connectivity index (χ2v) is 17.5. The fraction of sp³-hybridized carbons (Fsp3) is 0.913. The molecule has 0 aromatic carbocycles. The molecule has 0 N–H and O–H groups in total. The van der Waals surface area contributed by atoms with Crippen molar-refractivity contribution in [2.45, 2.75) is 89.7 Å². The quantitative estimate of drug-likeness (QED) is 0.175. The van der Waals surface area contributed by atoms with Crippen LogP contribution in [-0.2, 0) is 41.8 Å². The number of methoxy groups -OCH3 is 2. The van der Waals surface area contributed by atoms with Crippen LogP contribution in [0.2, 0.25) is 18.1 Å². The molecule has 1 aliphatic heterocycles. The first-order chi connectivity index (χ1) is 15.7. The Kier molecular flexibility index (Phi) is 12.3. The number of ether oxygens (including phenoxy) is 3. The maximum absolute atomic E-state index is 12.8. The maximum Gasteiger partial charge on any atom is 0.337 e. The molecule has 9 nitrogen and oxygen atoms in total. The number of hydrogen-bond donors (Lipinski definition) is 0. The molecule has 0 radical (unpaired) electrons. The first-order valence-corrected chi connectivity index (χ1v) is 16.4. The van der Waals surface area contributed by atoms with Crippen LogP contribution in [0, 0.1) is 11.8 Å². The third kappa shape index (κ3) is 8.30. The molecule has 0 aromatic heterocycles. The Labute approximate surface area is 206 Å². The van der Waals surface area contributed by atoms with Crippen LogP contribution in [0.4, 0.5) is 0 Å². The largest absolute Gasteiger partial charge is 0.411 e. The molecule has 1 rings (SSSR count). The number of aldehydes is 1. The lowest BCUT2D eigenvalue weighted by molar-refractivity contribution is -0.165. The third-order valence-electron chi connectivity index (χ3n) is 7.19. The molecule has 0 aliphatic carbocycles. The summed E-state index contributed by atoms with van der Waals surface area (Å²) in [5.41, 5.74) is 0. The summed E-state index contributed by atoms with van der Waals surface area (Å²) in [5, 5.41) is -0.0466. The van der Waals surface area contributed by atoms with Crippen molar-refractivity contribution in [3.63, 3.8) is 0 Å². The SMILES string of the molecule is COC1C[C@@H](C[C@@H](C)C(=O)CP(=O)(OC)OC)[C@@H]([C@@H](OC)[C@@H](CC=O)O[Si](C)(C)C(C)(C)C)O1. The highest BCUT2D eigenvalue weighted by Crippen LogP contribution is 2.47. The van der Waals surface area contributed by atoms with E-state index in [9.17, 15) is 14.2 Å². The van der Waals surface area contributed by atoms with Crippen molar-refractivity contribution in [1.29, 1.82) is 0 Å². The third-order valence-corrected chi connectivity index (χ3v) is 13.5. The molecule has 0 aromatic rings. The molecule has 1 heterocycles. The monoisotopic (exact) mass is 524 g/mol. The van der Waals surface area contributed by atoms with E-state index in [1.54, 1.807) is 21.1 Å². The molecule has 11 heteroatoms. The van der Waals surface area contributed by atoms with Crippen LogP contribution in [0.25, 0.3) is 0 Å². The van der Waals surface area contributed by atoms with Crippen molar-refractivity contribution >= 4 is 28.0 Å². The van der Waals surface area contributed by atoms with Crippen LogP contribution in [0.15, 0.2) is 0 Å². The van der Waals surface area contributed by atoms with Gasteiger partial charge in [-0.1, -0.05) is 27.7 Å². The van der Waals surface area contributed by atoms with Crippen molar-refractivity contribution in [1.82, 2.24) is 0 Å². The van der Waals surface area contributed by atoms with Crippen LogP contribution < -0.4 is 0 Å². The number of rotatable bonds is 15. The van der Waals surface area contributed by atoms with Crippen molar-refractivity contribution in [3.05, 3.63) is 0 Å². The van der Waals surface area contributed by atoms with Gasteiger partial charge in [-0.3, -0.25) is 9.36 Å². The van der Waals surface area contributed by atoms with Crippen molar-refractivity contribution in [3.8, 4) is 0 Å². The van der Waals surface area contributed by atoms with E-state index in [1.165, 1.54) is 14.2 Å². The smallest absolute Gasteiger partial charge is 0.337 e. The van der Waals surface area contributed by atoms with Gasteiger partial charge in [-0.2, -0.15) is 0 Å². The molecule has 200 valence electrons. The predicted octanol–water partition coefficient (Wildman–Crippen LogP) is 4.44. The van der Waals surface area contributed by atoms with E-state index in [-0.39, 0.29) is 29.3 Å². The first kappa shape index (κ1) is 31.6. The molecule has 6 atom stereocenters. The fourth-order valence-corrected chi connectivity index (χ4v) is 6.43. The fourth-order valence-electron chi connectivity index (χ4n) is 3.98. The van der Waals surface area contributed by atoms with Crippen LogP contribution in [0.5, 0.6) is 0 Å². The second-order valence-electron chi connectivity index (χ2n) is 10.5. The van der Waals surface area contributed by atoms with Crippen molar-refractivity contribution < 1.29 is 41.8 Å². The summed E-state index contributed by atoms with van der Waals surface area (Å²) in [7, 11) is 0.0445. The normalized spacial score (nSPS) is 24.6. The van der Waals surface area contributed by atoms with E-state index in [0.717, 1.165) is 6.29 Å². The van der Waals surface area contributed by atoms with Gasteiger partial charge in [-0.05, 0) is 30.5 Å². The summed E-state index contributed by atoms with van der Waals surface area (Å²) in [6, 6.07) is 0. The molecular formula is C23H45O9PSi. The highest BCUT2D eigenvalue weighted by atomic mass is 31.2. The Morgan fingerprint density at radius 3 is 2.21 bits per heavy atom. The summed E-state index contributed by atoms with van der Waals surface area (Å²) < 4.78 is 46.4.